The number of methoxy groups -OCH3 is 1. The van der Waals surface area contributed by atoms with Crippen LogP contribution in [0.4, 0.5) is 14.5 Å². The van der Waals surface area contributed by atoms with Crippen molar-refractivity contribution in [2.45, 2.75) is 6.61 Å². The summed E-state index contributed by atoms with van der Waals surface area (Å²) in [6.45, 7) is -2.93. The van der Waals surface area contributed by atoms with E-state index in [0.29, 0.717) is 5.56 Å². The molecule has 1 amide bonds. The van der Waals surface area contributed by atoms with Crippen molar-refractivity contribution in [2.75, 3.05) is 19.1 Å². The highest BCUT2D eigenvalue weighted by atomic mass is 19.3. The lowest BCUT2D eigenvalue weighted by atomic mass is 10.2. The van der Waals surface area contributed by atoms with Crippen molar-refractivity contribution in [1.82, 2.24) is 0 Å². The first-order chi connectivity index (χ1) is 11.5. The summed E-state index contributed by atoms with van der Waals surface area (Å²) in [5.74, 6) is -0.105. The highest BCUT2D eigenvalue weighted by Crippen LogP contribution is 2.29. The average molecular weight is 333 g/mol. The fraction of sp³-hybridized carbons (Fsp3) is 0.167. The van der Waals surface area contributed by atoms with Crippen LogP contribution in [-0.4, -0.2) is 26.7 Å². The number of rotatable bonds is 6. The van der Waals surface area contributed by atoms with Crippen LogP contribution in [0.1, 0.15) is 5.56 Å². The number of para-hydroxylation sites is 1. The number of likely N-dealkylation sites (N-methyl/N-ethyl adjacent to an activating group) is 1. The van der Waals surface area contributed by atoms with Gasteiger partial charge in [-0.25, -0.2) is 0 Å². The van der Waals surface area contributed by atoms with Crippen molar-refractivity contribution in [3.63, 3.8) is 0 Å². The minimum Gasteiger partial charge on any atom is -0.493 e. The summed E-state index contributed by atoms with van der Waals surface area (Å²) in [4.78, 5) is 13.7. The lowest BCUT2D eigenvalue weighted by Crippen LogP contribution is -2.23. The Bertz CT molecular complexity index is 717. The lowest BCUT2D eigenvalue weighted by Gasteiger charge is -2.14. The number of alkyl halides is 2. The molecule has 2 aromatic carbocycles. The molecule has 4 nitrogen and oxygen atoms in total. The van der Waals surface area contributed by atoms with E-state index in [4.69, 9.17) is 4.74 Å². The molecule has 126 valence electrons. The normalized spacial score (nSPS) is 10.9. The van der Waals surface area contributed by atoms with Crippen molar-refractivity contribution in [3.05, 3.63) is 60.2 Å². The SMILES string of the molecule is COc1cc(/C=C/C(=O)N(C)c2ccccc2)ccc1OC(F)F. The molecule has 0 atom stereocenters. The third-order valence-electron chi connectivity index (χ3n) is 3.30. The van der Waals surface area contributed by atoms with Gasteiger partial charge in [-0.2, -0.15) is 8.78 Å². The zero-order chi connectivity index (χ0) is 17.5. The molecule has 0 aliphatic heterocycles. The minimum atomic E-state index is -2.93. The average Bonchev–Trinajstić information content (AvgIpc) is 2.60. The van der Waals surface area contributed by atoms with Crippen LogP contribution < -0.4 is 14.4 Å². The van der Waals surface area contributed by atoms with Crippen molar-refractivity contribution in [2.24, 2.45) is 0 Å². The standard InChI is InChI=1S/C18H17F2NO3/c1-21(14-6-4-3-5-7-14)17(22)11-9-13-8-10-15(24-18(19)20)16(12-13)23-2/h3-12,18H,1-2H3/b11-9+. The van der Waals surface area contributed by atoms with Crippen molar-refractivity contribution in [3.8, 4) is 11.5 Å². The lowest BCUT2D eigenvalue weighted by molar-refractivity contribution is -0.113. The van der Waals surface area contributed by atoms with Gasteiger partial charge in [-0.05, 0) is 35.9 Å². The van der Waals surface area contributed by atoms with Crippen LogP contribution in [0.25, 0.3) is 6.08 Å². The minimum absolute atomic E-state index is 0.0580. The molecule has 0 saturated carbocycles. The van der Waals surface area contributed by atoms with E-state index in [0.717, 1.165) is 5.69 Å². The molecular weight excluding hydrogens is 316 g/mol. The van der Waals surface area contributed by atoms with Crippen LogP contribution in [0.2, 0.25) is 0 Å². The molecule has 0 unspecified atom stereocenters. The molecule has 0 spiro atoms. The third kappa shape index (κ3) is 4.55. The largest absolute Gasteiger partial charge is 0.493 e. The molecule has 0 aromatic heterocycles. The Kier molecular flexibility index (Phi) is 5.89. The van der Waals surface area contributed by atoms with Crippen LogP contribution in [0.3, 0.4) is 0 Å². The third-order valence-corrected chi connectivity index (χ3v) is 3.30. The molecule has 0 aliphatic carbocycles. The second-order valence-electron chi connectivity index (χ2n) is 4.85. The molecular formula is C18H17F2NO3. The van der Waals surface area contributed by atoms with Gasteiger partial charge in [0.15, 0.2) is 11.5 Å². The number of nitrogens with zero attached hydrogens (tertiary/aromatic N) is 1. The van der Waals surface area contributed by atoms with Crippen LogP contribution >= 0.6 is 0 Å². The van der Waals surface area contributed by atoms with E-state index in [9.17, 15) is 13.6 Å². The molecule has 0 bridgehead atoms. The van der Waals surface area contributed by atoms with Crippen molar-refractivity contribution >= 4 is 17.7 Å². The molecule has 0 heterocycles. The maximum Gasteiger partial charge on any atom is 0.387 e. The number of benzene rings is 2. The van der Waals surface area contributed by atoms with Gasteiger partial charge in [0, 0.05) is 18.8 Å². The summed E-state index contributed by atoms with van der Waals surface area (Å²) in [5.41, 5.74) is 1.40. The van der Waals surface area contributed by atoms with Crippen LogP contribution in [-0.2, 0) is 4.79 Å². The Hall–Kier alpha value is -2.89. The molecule has 6 heteroatoms. The molecule has 0 fully saturated rings. The molecule has 0 radical (unpaired) electrons. The predicted octanol–water partition coefficient (Wildman–Crippen LogP) is 3.97. The van der Waals surface area contributed by atoms with E-state index in [1.165, 1.54) is 30.2 Å². The number of hydrogen-bond donors (Lipinski definition) is 0. The van der Waals surface area contributed by atoms with Gasteiger partial charge in [-0.15, -0.1) is 0 Å². The van der Waals surface area contributed by atoms with Gasteiger partial charge in [-0.1, -0.05) is 24.3 Å². The Labute approximate surface area is 138 Å². The topological polar surface area (TPSA) is 38.8 Å². The zero-order valence-electron chi connectivity index (χ0n) is 13.3. The van der Waals surface area contributed by atoms with Gasteiger partial charge in [0.05, 0.1) is 7.11 Å². The van der Waals surface area contributed by atoms with Crippen molar-refractivity contribution in [1.29, 1.82) is 0 Å². The van der Waals surface area contributed by atoms with E-state index in [-0.39, 0.29) is 17.4 Å². The number of amides is 1. The Morgan fingerprint density at radius 1 is 1.12 bits per heavy atom. The maximum atomic E-state index is 12.3. The van der Waals surface area contributed by atoms with E-state index < -0.39 is 6.61 Å². The first kappa shape index (κ1) is 17.5. The first-order valence-electron chi connectivity index (χ1n) is 7.15. The fourth-order valence-electron chi connectivity index (χ4n) is 2.04. The number of carbonyl (C=O) groups excluding carboxylic acids is 1. The zero-order valence-corrected chi connectivity index (χ0v) is 13.3. The number of ether oxygens (including phenoxy) is 2. The van der Waals surface area contributed by atoms with Gasteiger partial charge in [0.2, 0.25) is 0 Å². The van der Waals surface area contributed by atoms with Crippen LogP contribution in [0.5, 0.6) is 11.5 Å². The molecule has 0 saturated heterocycles. The van der Waals surface area contributed by atoms with Gasteiger partial charge in [0.25, 0.3) is 5.91 Å². The summed E-state index contributed by atoms with van der Waals surface area (Å²) >= 11 is 0. The highest BCUT2D eigenvalue weighted by molar-refractivity contribution is 6.03. The van der Waals surface area contributed by atoms with E-state index in [1.807, 2.05) is 30.3 Å². The fourth-order valence-corrected chi connectivity index (χ4v) is 2.04. The Morgan fingerprint density at radius 3 is 2.46 bits per heavy atom. The van der Waals surface area contributed by atoms with Crippen LogP contribution in [0.15, 0.2) is 54.6 Å². The summed E-state index contributed by atoms with van der Waals surface area (Å²) in [5, 5.41) is 0. The molecule has 2 rings (SSSR count). The molecule has 24 heavy (non-hydrogen) atoms. The number of hydrogen-bond acceptors (Lipinski definition) is 3. The van der Waals surface area contributed by atoms with Gasteiger partial charge in [-0.3, -0.25) is 4.79 Å². The van der Waals surface area contributed by atoms with E-state index >= 15 is 0 Å². The highest BCUT2D eigenvalue weighted by Gasteiger charge is 2.11. The summed E-state index contributed by atoms with van der Waals surface area (Å²) in [6.07, 6.45) is 2.98. The molecule has 2 aromatic rings. The number of anilines is 1. The van der Waals surface area contributed by atoms with Crippen molar-refractivity contribution < 1.29 is 23.0 Å². The maximum absolute atomic E-state index is 12.3. The van der Waals surface area contributed by atoms with Gasteiger partial charge >= 0.3 is 6.61 Å². The van der Waals surface area contributed by atoms with Gasteiger partial charge < -0.3 is 14.4 Å². The summed E-state index contributed by atoms with van der Waals surface area (Å²) in [7, 11) is 3.03. The summed E-state index contributed by atoms with van der Waals surface area (Å²) in [6, 6.07) is 13.7. The molecule has 0 N–H and O–H groups in total. The Morgan fingerprint density at radius 2 is 1.83 bits per heavy atom. The van der Waals surface area contributed by atoms with E-state index in [2.05, 4.69) is 4.74 Å². The second kappa shape index (κ2) is 8.10. The van der Waals surface area contributed by atoms with Crippen LogP contribution in [0, 0.1) is 0 Å². The number of halogens is 2. The smallest absolute Gasteiger partial charge is 0.387 e. The second-order valence-corrected chi connectivity index (χ2v) is 4.85. The summed E-state index contributed by atoms with van der Waals surface area (Å²) < 4.78 is 34.0. The molecule has 0 aliphatic rings. The Balaban J connectivity index is 2.12. The predicted molar refractivity (Wildman–Crippen MR) is 88.5 cm³/mol. The quantitative estimate of drug-likeness (QED) is 0.751. The monoisotopic (exact) mass is 333 g/mol. The van der Waals surface area contributed by atoms with Gasteiger partial charge in [0.1, 0.15) is 0 Å². The van der Waals surface area contributed by atoms with E-state index in [1.54, 1.807) is 19.2 Å². The first-order valence-corrected chi connectivity index (χ1v) is 7.15. The number of carbonyl (C=O) groups is 1.